The van der Waals surface area contributed by atoms with Crippen molar-refractivity contribution in [2.24, 2.45) is 5.73 Å². The van der Waals surface area contributed by atoms with Gasteiger partial charge in [-0.15, -0.1) is 0 Å². The first-order valence-electron chi connectivity index (χ1n) is 6.34. The Labute approximate surface area is 122 Å². The lowest BCUT2D eigenvalue weighted by atomic mass is 9.95. The van der Waals surface area contributed by atoms with Gasteiger partial charge in [-0.25, -0.2) is 0 Å². The zero-order chi connectivity index (χ0) is 14.0. The SMILES string of the molecule is COCC(N)C(=O)N1CCc2cc(Br)cc(C)c2C1. The second kappa shape index (κ2) is 6.03. The van der Waals surface area contributed by atoms with Crippen LogP contribution in [0.3, 0.4) is 0 Å². The number of hydrogen-bond donors (Lipinski definition) is 1. The van der Waals surface area contributed by atoms with E-state index in [1.54, 1.807) is 7.11 Å². The summed E-state index contributed by atoms with van der Waals surface area (Å²) >= 11 is 3.51. The molecule has 0 saturated heterocycles. The number of rotatable bonds is 3. The molecule has 19 heavy (non-hydrogen) atoms. The Bertz CT molecular complexity index is 491. The molecule has 2 rings (SSSR count). The number of ether oxygens (including phenoxy) is 1. The van der Waals surface area contributed by atoms with Crippen LogP contribution in [-0.4, -0.2) is 37.1 Å². The third-order valence-electron chi connectivity index (χ3n) is 3.51. The van der Waals surface area contributed by atoms with Gasteiger partial charge in [-0.3, -0.25) is 4.79 Å². The fraction of sp³-hybridized carbons (Fsp3) is 0.500. The van der Waals surface area contributed by atoms with Crippen LogP contribution in [0.15, 0.2) is 16.6 Å². The van der Waals surface area contributed by atoms with E-state index in [1.807, 2.05) is 4.90 Å². The van der Waals surface area contributed by atoms with Gasteiger partial charge in [-0.05, 0) is 42.2 Å². The van der Waals surface area contributed by atoms with Crippen LogP contribution < -0.4 is 5.73 Å². The summed E-state index contributed by atoms with van der Waals surface area (Å²) in [4.78, 5) is 14.0. The minimum Gasteiger partial charge on any atom is -0.383 e. The topological polar surface area (TPSA) is 55.6 Å². The summed E-state index contributed by atoms with van der Waals surface area (Å²) in [5.41, 5.74) is 9.59. The highest BCUT2D eigenvalue weighted by Crippen LogP contribution is 2.26. The Morgan fingerprint density at radius 3 is 3.00 bits per heavy atom. The van der Waals surface area contributed by atoms with Gasteiger partial charge in [0.25, 0.3) is 0 Å². The van der Waals surface area contributed by atoms with Crippen molar-refractivity contribution in [1.29, 1.82) is 0 Å². The third kappa shape index (κ3) is 3.16. The first-order chi connectivity index (χ1) is 9.02. The predicted octanol–water partition coefficient (Wildman–Crippen LogP) is 1.62. The number of nitrogens with two attached hydrogens (primary N) is 1. The maximum atomic E-state index is 12.2. The maximum Gasteiger partial charge on any atom is 0.242 e. The lowest BCUT2D eigenvalue weighted by molar-refractivity contribution is -0.134. The molecule has 1 aliphatic rings. The van der Waals surface area contributed by atoms with Gasteiger partial charge in [0.05, 0.1) is 6.61 Å². The van der Waals surface area contributed by atoms with Crippen LogP contribution in [-0.2, 0) is 22.5 Å². The minimum absolute atomic E-state index is 0.0326. The van der Waals surface area contributed by atoms with Gasteiger partial charge in [0.2, 0.25) is 5.91 Å². The Hall–Kier alpha value is -0.910. The van der Waals surface area contributed by atoms with Gasteiger partial charge in [-0.2, -0.15) is 0 Å². The zero-order valence-electron chi connectivity index (χ0n) is 11.3. The van der Waals surface area contributed by atoms with E-state index in [0.29, 0.717) is 6.54 Å². The monoisotopic (exact) mass is 326 g/mol. The number of aryl methyl sites for hydroxylation is 1. The number of halogens is 1. The molecule has 1 aromatic rings. The Morgan fingerprint density at radius 1 is 1.58 bits per heavy atom. The summed E-state index contributed by atoms with van der Waals surface area (Å²) < 4.78 is 6.04. The van der Waals surface area contributed by atoms with Crippen molar-refractivity contribution >= 4 is 21.8 Å². The molecule has 1 aliphatic heterocycles. The zero-order valence-corrected chi connectivity index (χ0v) is 12.9. The van der Waals surface area contributed by atoms with Crippen LogP contribution in [0.25, 0.3) is 0 Å². The van der Waals surface area contributed by atoms with E-state index in [4.69, 9.17) is 10.5 Å². The molecule has 0 fully saturated rings. The van der Waals surface area contributed by atoms with Gasteiger partial charge >= 0.3 is 0 Å². The van der Waals surface area contributed by atoms with Crippen molar-refractivity contribution in [3.05, 3.63) is 33.3 Å². The molecule has 1 atom stereocenters. The normalized spacial score (nSPS) is 16.1. The van der Waals surface area contributed by atoms with E-state index < -0.39 is 6.04 Å². The van der Waals surface area contributed by atoms with E-state index in [9.17, 15) is 4.79 Å². The van der Waals surface area contributed by atoms with Gasteiger partial charge < -0.3 is 15.4 Å². The van der Waals surface area contributed by atoms with Crippen LogP contribution in [0.1, 0.15) is 16.7 Å². The Morgan fingerprint density at radius 2 is 2.32 bits per heavy atom. The third-order valence-corrected chi connectivity index (χ3v) is 3.96. The number of methoxy groups -OCH3 is 1. The van der Waals surface area contributed by atoms with E-state index in [0.717, 1.165) is 17.4 Å². The fourth-order valence-electron chi connectivity index (χ4n) is 2.49. The minimum atomic E-state index is -0.567. The quantitative estimate of drug-likeness (QED) is 0.918. The Kier molecular flexibility index (Phi) is 4.60. The number of nitrogens with zero attached hydrogens (tertiary/aromatic N) is 1. The predicted molar refractivity (Wildman–Crippen MR) is 77.9 cm³/mol. The molecule has 2 N–H and O–H groups in total. The summed E-state index contributed by atoms with van der Waals surface area (Å²) in [6, 6.07) is 3.66. The van der Waals surface area contributed by atoms with Gasteiger partial charge in [-0.1, -0.05) is 15.9 Å². The first-order valence-corrected chi connectivity index (χ1v) is 7.13. The summed E-state index contributed by atoms with van der Waals surface area (Å²) in [6.45, 7) is 3.71. The number of fused-ring (bicyclic) bond motifs is 1. The molecule has 4 nitrogen and oxygen atoms in total. The van der Waals surface area contributed by atoms with Crippen LogP contribution in [0.4, 0.5) is 0 Å². The Balaban J connectivity index is 2.16. The number of amides is 1. The summed E-state index contributed by atoms with van der Waals surface area (Å²) in [5.74, 6) is -0.0326. The maximum absolute atomic E-state index is 12.2. The molecule has 1 amide bonds. The molecule has 0 saturated carbocycles. The van der Waals surface area contributed by atoms with Crippen molar-refractivity contribution < 1.29 is 9.53 Å². The highest BCUT2D eigenvalue weighted by atomic mass is 79.9. The molecule has 1 aromatic carbocycles. The molecule has 0 radical (unpaired) electrons. The second-order valence-corrected chi connectivity index (χ2v) is 5.85. The molecule has 0 aliphatic carbocycles. The average molecular weight is 327 g/mol. The molecule has 0 bridgehead atoms. The lowest BCUT2D eigenvalue weighted by Gasteiger charge is -2.31. The van der Waals surface area contributed by atoms with Crippen LogP contribution in [0, 0.1) is 6.92 Å². The number of hydrogen-bond acceptors (Lipinski definition) is 3. The smallest absolute Gasteiger partial charge is 0.242 e. The average Bonchev–Trinajstić information content (AvgIpc) is 2.37. The van der Waals surface area contributed by atoms with Gasteiger partial charge in [0.15, 0.2) is 0 Å². The van der Waals surface area contributed by atoms with E-state index in [-0.39, 0.29) is 12.5 Å². The van der Waals surface area contributed by atoms with Crippen molar-refractivity contribution in [3.8, 4) is 0 Å². The number of carbonyl (C=O) groups excluding carboxylic acids is 1. The second-order valence-electron chi connectivity index (χ2n) is 4.93. The standard InChI is InChI=1S/C14H19BrN2O2/c1-9-5-11(15)6-10-3-4-17(7-12(9)10)14(18)13(16)8-19-2/h5-6,13H,3-4,7-8,16H2,1-2H3. The molecule has 0 aromatic heterocycles. The lowest BCUT2D eigenvalue weighted by Crippen LogP contribution is -2.47. The van der Waals surface area contributed by atoms with Crippen LogP contribution in [0.5, 0.6) is 0 Å². The number of benzene rings is 1. The largest absolute Gasteiger partial charge is 0.383 e. The summed E-state index contributed by atoms with van der Waals surface area (Å²) in [7, 11) is 1.56. The van der Waals surface area contributed by atoms with Crippen molar-refractivity contribution in [2.45, 2.75) is 25.9 Å². The van der Waals surface area contributed by atoms with Crippen LogP contribution >= 0.6 is 15.9 Å². The van der Waals surface area contributed by atoms with E-state index >= 15 is 0 Å². The number of carbonyl (C=O) groups is 1. The molecule has 1 unspecified atom stereocenters. The van der Waals surface area contributed by atoms with Crippen molar-refractivity contribution in [3.63, 3.8) is 0 Å². The molecule has 1 heterocycles. The fourth-order valence-corrected chi connectivity index (χ4v) is 3.11. The highest BCUT2D eigenvalue weighted by Gasteiger charge is 2.25. The van der Waals surface area contributed by atoms with E-state index in [1.165, 1.54) is 16.7 Å². The van der Waals surface area contributed by atoms with Crippen molar-refractivity contribution in [2.75, 3.05) is 20.3 Å². The highest BCUT2D eigenvalue weighted by molar-refractivity contribution is 9.10. The summed E-state index contributed by atoms with van der Waals surface area (Å²) in [5, 5.41) is 0. The van der Waals surface area contributed by atoms with Crippen molar-refractivity contribution in [1.82, 2.24) is 4.90 Å². The molecule has 0 spiro atoms. The molecule has 104 valence electrons. The summed E-state index contributed by atoms with van der Waals surface area (Å²) in [6.07, 6.45) is 0.876. The molecule has 5 heteroatoms. The molecular formula is C14H19BrN2O2. The molecular weight excluding hydrogens is 308 g/mol. The van der Waals surface area contributed by atoms with Gasteiger partial charge in [0, 0.05) is 24.7 Å². The first kappa shape index (κ1) is 14.5. The van der Waals surface area contributed by atoms with Crippen LogP contribution in [0.2, 0.25) is 0 Å². The van der Waals surface area contributed by atoms with E-state index in [2.05, 4.69) is 35.0 Å². The van der Waals surface area contributed by atoms with Gasteiger partial charge in [0.1, 0.15) is 6.04 Å².